The molecule has 0 atom stereocenters. The Hall–Kier alpha value is -3.96. The normalized spacial score (nSPS) is 13.6. The van der Waals surface area contributed by atoms with Gasteiger partial charge in [0.15, 0.2) is 0 Å². The number of carbonyl (C=O) groups is 1. The van der Waals surface area contributed by atoms with E-state index in [0.29, 0.717) is 5.56 Å². The van der Waals surface area contributed by atoms with E-state index in [4.69, 9.17) is 0 Å². The van der Waals surface area contributed by atoms with E-state index in [2.05, 4.69) is 96.2 Å². The van der Waals surface area contributed by atoms with Crippen molar-refractivity contribution in [3.63, 3.8) is 0 Å². The number of hydrogen-bond acceptors (Lipinski definition) is 3. The maximum atomic E-state index is 12.7. The van der Waals surface area contributed by atoms with Crippen molar-refractivity contribution in [1.29, 1.82) is 0 Å². The molecule has 5 rings (SSSR count). The lowest BCUT2D eigenvalue weighted by Gasteiger charge is -2.28. The maximum Gasteiger partial charge on any atom is 0.271 e. The summed E-state index contributed by atoms with van der Waals surface area (Å²) < 4.78 is 2.22. The highest BCUT2D eigenvalue weighted by Gasteiger charge is 2.16. The Morgan fingerprint density at radius 3 is 2.43 bits per heavy atom. The second kappa shape index (κ2) is 10.6. The average Bonchev–Trinajstić information content (AvgIpc) is 3.18. The summed E-state index contributed by atoms with van der Waals surface area (Å²) in [4.78, 5) is 15.1. The predicted octanol–water partition coefficient (Wildman–Crippen LogP) is 6.03. The van der Waals surface area contributed by atoms with Gasteiger partial charge in [-0.05, 0) is 92.3 Å². The Kier molecular flexibility index (Phi) is 7.06. The van der Waals surface area contributed by atoms with Gasteiger partial charge in [-0.3, -0.25) is 9.69 Å². The minimum atomic E-state index is -0.210. The number of carbonyl (C=O) groups excluding carboxylic acids is 1. The molecule has 0 saturated carbocycles. The lowest BCUT2D eigenvalue weighted by atomic mass is 9.99. The first kappa shape index (κ1) is 24.7. The van der Waals surface area contributed by atoms with E-state index in [1.54, 1.807) is 6.21 Å². The van der Waals surface area contributed by atoms with Crippen LogP contribution in [0.15, 0.2) is 77.9 Å². The second-order valence-corrected chi connectivity index (χ2v) is 10.1. The highest BCUT2D eigenvalue weighted by molar-refractivity contribution is 5.95. The van der Waals surface area contributed by atoms with Crippen molar-refractivity contribution in [1.82, 2.24) is 14.9 Å². The Balaban J connectivity index is 1.20. The zero-order valence-electron chi connectivity index (χ0n) is 22.1. The van der Waals surface area contributed by atoms with Crippen LogP contribution in [0, 0.1) is 27.7 Å². The maximum absolute atomic E-state index is 12.7. The number of nitrogens with one attached hydrogen (secondary N) is 1. The summed E-state index contributed by atoms with van der Waals surface area (Å²) in [6, 6.07) is 25.1. The van der Waals surface area contributed by atoms with Crippen LogP contribution >= 0.6 is 0 Å². The van der Waals surface area contributed by atoms with Crippen LogP contribution in [-0.2, 0) is 19.5 Å². The molecule has 188 valence electrons. The molecule has 0 unspecified atom stereocenters. The molecule has 0 radical (unpaired) electrons. The van der Waals surface area contributed by atoms with Gasteiger partial charge in [-0.25, -0.2) is 5.43 Å². The van der Waals surface area contributed by atoms with Crippen LogP contribution in [0.3, 0.4) is 0 Å². The molecular weight excluding hydrogens is 456 g/mol. The van der Waals surface area contributed by atoms with Crippen LogP contribution in [0.5, 0.6) is 0 Å². The number of hydrogen-bond donors (Lipinski definition) is 1. The number of aryl methyl sites for hydroxylation is 3. The Bertz CT molecular complexity index is 1460. The van der Waals surface area contributed by atoms with E-state index in [1.165, 1.54) is 27.8 Å². The van der Waals surface area contributed by atoms with Crippen LogP contribution in [0.1, 0.15) is 55.1 Å². The number of benzene rings is 3. The summed E-state index contributed by atoms with van der Waals surface area (Å²) in [7, 11) is 0. The molecule has 4 aromatic rings. The summed E-state index contributed by atoms with van der Waals surface area (Å²) in [5, 5.41) is 4.25. The van der Waals surface area contributed by atoms with E-state index >= 15 is 0 Å². The van der Waals surface area contributed by atoms with Crippen molar-refractivity contribution in [3.05, 3.63) is 123 Å². The fraction of sp³-hybridized carbons (Fsp3) is 0.250. The fourth-order valence-electron chi connectivity index (χ4n) is 5.11. The van der Waals surface area contributed by atoms with Crippen LogP contribution < -0.4 is 5.43 Å². The van der Waals surface area contributed by atoms with Crippen molar-refractivity contribution < 1.29 is 4.79 Å². The number of hydrazone groups is 1. The van der Waals surface area contributed by atoms with Gasteiger partial charge in [0.2, 0.25) is 0 Å². The molecule has 0 bridgehead atoms. The zero-order chi connectivity index (χ0) is 25.9. The third-order valence-electron chi connectivity index (χ3n) is 7.42. The minimum absolute atomic E-state index is 0.210. The van der Waals surface area contributed by atoms with Gasteiger partial charge in [0.1, 0.15) is 0 Å². The summed E-state index contributed by atoms with van der Waals surface area (Å²) >= 11 is 0. The number of fused-ring (bicyclic) bond motifs is 1. The number of nitrogens with zero attached hydrogens (tertiary/aromatic N) is 3. The highest BCUT2D eigenvalue weighted by atomic mass is 16.2. The van der Waals surface area contributed by atoms with Gasteiger partial charge in [-0.2, -0.15) is 5.10 Å². The van der Waals surface area contributed by atoms with Crippen LogP contribution in [0.25, 0.3) is 5.69 Å². The van der Waals surface area contributed by atoms with Crippen LogP contribution in [-0.4, -0.2) is 28.1 Å². The fourth-order valence-corrected chi connectivity index (χ4v) is 5.11. The lowest BCUT2D eigenvalue weighted by Crippen LogP contribution is -2.30. The van der Waals surface area contributed by atoms with Crippen molar-refractivity contribution in [2.24, 2.45) is 5.10 Å². The van der Waals surface area contributed by atoms with Crippen molar-refractivity contribution >= 4 is 12.1 Å². The molecule has 5 nitrogen and oxygen atoms in total. The van der Waals surface area contributed by atoms with Gasteiger partial charge in [-0.1, -0.05) is 42.5 Å². The first-order valence-corrected chi connectivity index (χ1v) is 12.9. The van der Waals surface area contributed by atoms with Gasteiger partial charge in [0.25, 0.3) is 5.91 Å². The van der Waals surface area contributed by atoms with E-state index in [-0.39, 0.29) is 5.91 Å². The first-order chi connectivity index (χ1) is 17.9. The van der Waals surface area contributed by atoms with Gasteiger partial charge in [-0.15, -0.1) is 0 Å². The second-order valence-electron chi connectivity index (χ2n) is 10.1. The Labute approximate surface area is 219 Å². The molecule has 1 aliphatic heterocycles. The molecule has 1 amide bonds. The molecule has 0 aliphatic carbocycles. The number of amides is 1. The van der Waals surface area contributed by atoms with E-state index in [0.717, 1.165) is 48.7 Å². The standard InChI is InChI=1S/C32H34N4O/c1-22-9-14-31(17-23(22)2)36-24(3)18-30(25(36)4)19-33-34-32(37)28-12-10-26(11-13-28)20-35-16-15-27-7-5-6-8-29(27)21-35/h5-14,17-19H,15-16,20-21H2,1-4H3,(H,34,37). The Morgan fingerprint density at radius 2 is 1.68 bits per heavy atom. The molecule has 0 saturated heterocycles. The highest BCUT2D eigenvalue weighted by Crippen LogP contribution is 2.22. The first-order valence-electron chi connectivity index (χ1n) is 12.9. The molecule has 1 aliphatic rings. The topological polar surface area (TPSA) is 49.6 Å². The van der Waals surface area contributed by atoms with Crippen molar-refractivity contribution in [2.75, 3.05) is 6.54 Å². The van der Waals surface area contributed by atoms with Gasteiger partial charge < -0.3 is 4.57 Å². The summed E-state index contributed by atoms with van der Waals surface area (Å²) in [6.45, 7) is 11.3. The lowest BCUT2D eigenvalue weighted by molar-refractivity contribution is 0.0955. The summed E-state index contributed by atoms with van der Waals surface area (Å²) in [5.41, 5.74) is 14.2. The number of rotatable bonds is 6. The molecule has 2 heterocycles. The molecule has 0 fully saturated rings. The van der Waals surface area contributed by atoms with E-state index < -0.39 is 0 Å². The molecule has 1 N–H and O–H groups in total. The minimum Gasteiger partial charge on any atom is -0.318 e. The molecule has 3 aromatic carbocycles. The Morgan fingerprint density at radius 1 is 0.919 bits per heavy atom. The smallest absolute Gasteiger partial charge is 0.271 e. The number of aromatic nitrogens is 1. The predicted molar refractivity (Wildman–Crippen MR) is 150 cm³/mol. The van der Waals surface area contributed by atoms with E-state index in [9.17, 15) is 4.79 Å². The summed E-state index contributed by atoms with van der Waals surface area (Å²) in [5.74, 6) is -0.210. The van der Waals surface area contributed by atoms with Gasteiger partial charge in [0.05, 0.1) is 6.21 Å². The van der Waals surface area contributed by atoms with Crippen LogP contribution in [0.4, 0.5) is 0 Å². The average molecular weight is 491 g/mol. The quantitative estimate of drug-likeness (QED) is 0.265. The SMILES string of the molecule is Cc1ccc(-n2c(C)cc(C=NNC(=O)c3ccc(CN4CCc5ccccc5C4)cc3)c2C)cc1C. The van der Waals surface area contributed by atoms with Crippen LogP contribution in [0.2, 0.25) is 0 Å². The van der Waals surface area contributed by atoms with Crippen molar-refractivity contribution in [3.8, 4) is 5.69 Å². The summed E-state index contributed by atoms with van der Waals surface area (Å²) in [6.07, 6.45) is 2.81. The third-order valence-corrected chi connectivity index (χ3v) is 7.42. The largest absolute Gasteiger partial charge is 0.318 e. The third kappa shape index (κ3) is 5.42. The molecule has 5 heteroatoms. The van der Waals surface area contributed by atoms with Gasteiger partial charge >= 0.3 is 0 Å². The van der Waals surface area contributed by atoms with Crippen molar-refractivity contribution in [2.45, 2.75) is 47.2 Å². The molecular formula is C32H34N4O. The van der Waals surface area contributed by atoms with Gasteiger partial charge in [0, 0.05) is 47.8 Å². The zero-order valence-corrected chi connectivity index (χ0v) is 22.1. The van der Waals surface area contributed by atoms with E-state index in [1.807, 2.05) is 24.3 Å². The molecule has 0 spiro atoms. The molecule has 1 aromatic heterocycles. The monoisotopic (exact) mass is 490 g/mol. The molecule has 37 heavy (non-hydrogen) atoms.